The number of thiocarbonyl (C=S) groups is 1. The molecule has 0 radical (unpaired) electrons. The summed E-state index contributed by atoms with van der Waals surface area (Å²) in [5.74, 6) is 0.813. The highest BCUT2D eigenvalue weighted by molar-refractivity contribution is 7.80. The molecule has 0 saturated heterocycles. The third kappa shape index (κ3) is 3.24. The van der Waals surface area contributed by atoms with Gasteiger partial charge in [-0.1, -0.05) is 35.9 Å². The van der Waals surface area contributed by atoms with Gasteiger partial charge in [-0.25, -0.2) is 0 Å². The van der Waals surface area contributed by atoms with Gasteiger partial charge in [0.1, 0.15) is 5.75 Å². The first-order valence-electron chi connectivity index (χ1n) is 6.85. The van der Waals surface area contributed by atoms with Crippen molar-refractivity contribution in [3.8, 4) is 5.75 Å². The third-order valence-electron chi connectivity index (χ3n) is 3.48. The number of benzene rings is 2. The lowest BCUT2D eigenvalue weighted by Gasteiger charge is -2.26. The van der Waals surface area contributed by atoms with E-state index in [2.05, 4.69) is 16.7 Å². The van der Waals surface area contributed by atoms with Crippen LogP contribution < -0.4 is 15.4 Å². The number of halogens is 1. The molecule has 1 atom stereocenters. The summed E-state index contributed by atoms with van der Waals surface area (Å²) in [5.41, 5.74) is 3.10. The molecule has 22 heavy (non-hydrogen) atoms. The molecule has 3 nitrogen and oxygen atoms in total. The fourth-order valence-corrected chi connectivity index (χ4v) is 2.72. The Labute approximate surface area is 139 Å². The predicted octanol–water partition coefficient (Wildman–Crippen LogP) is 3.91. The molecule has 0 spiro atoms. The minimum absolute atomic E-state index is 0.00668. The number of nitrogens with one attached hydrogen (secondary N) is 2. The van der Waals surface area contributed by atoms with Crippen LogP contribution in [0.25, 0.3) is 5.70 Å². The molecular weight excluding hydrogens is 316 g/mol. The van der Waals surface area contributed by atoms with Gasteiger partial charge in [0.25, 0.3) is 0 Å². The summed E-state index contributed by atoms with van der Waals surface area (Å²) in [6.45, 7) is 0. The van der Waals surface area contributed by atoms with Crippen LogP contribution >= 0.6 is 23.8 Å². The Morgan fingerprint density at radius 3 is 2.64 bits per heavy atom. The zero-order chi connectivity index (χ0) is 15.5. The first-order chi connectivity index (χ1) is 10.7. The molecule has 5 heteroatoms. The average molecular weight is 331 g/mol. The highest BCUT2D eigenvalue weighted by atomic mass is 35.5. The van der Waals surface area contributed by atoms with Crippen molar-refractivity contribution in [1.29, 1.82) is 0 Å². The van der Waals surface area contributed by atoms with E-state index in [1.54, 1.807) is 7.11 Å². The van der Waals surface area contributed by atoms with Crippen LogP contribution in [0.1, 0.15) is 17.2 Å². The van der Waals surface area contributed by atoms with Crippen molar-refractivity contribution in [1.82, 2.24) is 10.6 Å². The topological polar surface area (TPSA) is 33.3 Å². The molecule has 0 fully saturated rings. The highest BCUT2D eigenvalue weighted by Crippen LogP contribution is 2.26. The van der Waals surface area contributed by atoms with Gasteiger partial charge in [0.2, 0.25) is 0 Å². The lowest BCUT2D eigenvalue weighted by atomic mass is 10.0. The number of ether oxygens (including phenoxy) is 1. The quantitative estimate of drug-likeness (QED) is 0.836. The summed E-state index contributed by atoms with van der Waals surface area (Å²) < 4.78 is 5.28. The zero-order valence-electron chi connectivity index (χ0n) is 12.0. The molecule has 0 saturated carbocycles. The summed E-state index contributed by atoms with van der Waals surface area (Å²) >= 11 is 11.3. The van der Waals surface area contributed by atoms with Gasteiger partial charge >= 0.3 is 0 Å². The number of methoxy groups -OCH3 is 1. The second kappa shape index (κ2) is 6.38. The summed E-state index contributed by atoms with van der Waals surface area (Å²) in [6, 6.07) is 15.6. The largest absolute Gasteiger partial charge is 0.497 e. The predicted molar refractivity (Wildman–Crippen MR) is 94.0 cm³/mol. The van der Waals surface area contributed by atoms with Gasteiger partial charge in [-0.05, 0) is 48.1 Å². The third-order valence-corrected chi connectivity index (χ3v) is 3.95. The maximum atomic E-state index is 5.95. The van der Waals surface area contributed by atoms with Crippen molar-refractivity contribution in [2.45, 2.75) is 6.04 Å². The molecule has 0 bridgehead atoms. The van der Waals surface area contributed by atoms with Gasteiger partial charge in [-0.2, -0.15) is 0 Å². The average Bonchev–Trinajstić information content (AvgIpc) is 2.55. The summed E-state index contributed by atoms with van der Waals surface area (Å²) in [4.78, 5) is 0. The van der Waals surface area contributed by atoms with Gasteiger partial charge in [0, 0.05) is 16.3 Å². The van der Waals surface area contributed by atoms with E-state index >= 15 is 0 Å². The van der Waals surface area contributed by atoms with E-state index in [1.165, 1.54) is 0 Å². The molecule has 112 valence electrons. The zero-order valence-corrected chi connectivity index (χ0v) is 13.5. The molecule has 1 unspecified atom stereocenters. The number of rotatable bonds is 3. The highest BCUT2D eigenvalue weighted by Gasteiger charge is 2.18. The fraction of sp³-hybridized carbons (Fsp3) is 0.118. The van der Waals surface area contributed by atoms with E-state index < -0.39 is 0 Å². The van der Waals surface area contributed by atoms with Crippen LogP contribution in [-0.2, 0) is 0 Å². The van der Waals surface area contributed by atoms with E-state index in [0.29, 0.717) is 5.11 Å². The maximum Gasteiger partial charge on any atom is 0.171 e. The fourth-order valence-electron chi connectivity index (χ4n) is 2.36. The summed E-state index contributed by atoms with van der Waals surface area (Å²) in [5, 5.41) is 7.76. The van der Waals surface area contributed by atoms with Crippen molar-refractivity contribution in [3.63, 3.8) is 0 Å². The monoisotopic (exact) mass is 330 g/mol. The van der Waals surface area contributed by atoms with Crippen LogP contribution in [0.3, 0.4) is 0 Å². The molecule has 3 rings (SSSR count). The van der Waals surface area contributed by atoms with Gasteiger partial charge < -0.3 is 15.4 Å². The molecule has 1 aliphatic heterocycles. The van der Waals surface area contributed by atoms with Gasteiger partial charge in [-0.3, -0.25) is 0 Å². The standard InChI is InChI=1S/C17H15ClN2OS/c1-21-14-4-2-3-12(9-14)16-10-15(19-17(22)20-16)11-5-7-13(18)8-6-11/h2-10,15H,1H3,(H2,19,20,22). The summed E-state index contributed by atoms with van der Waals surface area (Å²) in [6.07, 6.45) is 2.10. The van der Waals surface area contributed by atoms with Crippen LogP contribution in [-0.4, -0.2) is 12.2 Å². The second-order valence-electron chi connectivity index (χ2n) is 4.94. The number of hydrogen-bond acceptors (Lipinski definition) is 2. The van der Waals surface area contributed by atoms with Crippen molar-refractivity contribution in [2.24, 2.45) is 0 Å². The minimum Gasteiger partial charge on any atom is -0.497 e. The second-order valence-corrected chi connectivity index (χ2v) is 5.78. The first-order valence-corrected chi connectivity index (χ1v) is 7.63. The van der Waals surface area contributed by atoms with Crippen molar-refractivity contribution in [3.05, 3.63) is 70.8 Å². The van der Waals surface area contributed by atoms with E-state index in [0.717, 1.165) is 27.6 Å². The lowest BCUT2D eigenvalue weighted by molar-refractivity contribution is 0.414. The molecule has 2 N–H and O–H groups in total. The van der Waals surface area contributed by atoms with Crippen molar-refractivity contribution in [2.75, 3.05) is 7.11 Å². The van der Waals surface area contributed by atoms with Gasteiger partial charge in [-0.15, -0.1) is 0 Å². The van der Waals surface area contributed by atoms with Crippen molar-refractivity contribution >= 4 is 34.6 Å². The molecule has 0 amide bonds. The molecule has 1 heterocycles. The van der Waals surface area contributed by atoms with Gasteiger partial charge in [0.05, 0.1) is 13.2 Å². The Hall–Kier alpha value is -2.04. The van der Waals surface area contributed by atoms with Gasteiger partial charge in [0.15, 0.2) is 5.11 Å². The Morgan fingerprint density at radius 1 is 1.14 bits per heavy atom. The Balaban J connectivity index is 1.96. The van der Waals surface area contributed by atoms with Crippen LogP contribution in [0.4, 0.5) is 0 Å². The maximum absolute atomic E-state index is 5.95. The van der Waals surface area contributed by atoms with E-state index in [1.807, 2.05) is 48.5 Å². The first kappa shape index (κ1) is 14.9. The van der Waals surface area contributed by atoms with E-state index in [9.17, 15) is 0 Å². The molecule has 2 aromatic carbocycles. The minimum atomic E-state index is 0.00668. The van der Waals surface area contributed by atoms with Crippen LogP contribution in [0.15, 0.2) is 54.6 Å². The molecular formula is C17H15ClN2OS. The Morgan fingerprint density at radius 2 is 1.91 bits per heavy atom. The van der Waals surface area contributed by atoms with Crippen molar-refractivity contribution < 1.29 is 4.74 Å². The SMILES string of the molecule is COc1cccc(C2=CC(c3ccc(Cl)cc3)NC(=S)N2)c1. The van der Waals surface area contributed by atoms with Crippen LogP contribution in [0.2, 0.25) is 5.02 Å². The summed E-state index contributed by atoms with van der Waals surface area (Å²) in [7, 11) is 1.66. The molecule has 0 aliphatic carbocycles. The molecule has 0 aromatic heterocycles. The van der Waals surface area contributed by atoms with Crippen LogP contribution in [0, 0.1) is 0 Å². The Bertz CT molecular complexity index is 728. The van der Waals surface area contributed by atoms with E-state index in [4.69, 9.17) is 28.6 Å². The van der Waals surface area contributed by atoms with E-state index in [-0.39, 0.29) is 6.04 Å². The number of hydrogen-bond donors (Lipinski definition) is 2. The smallest absolute Gasteiger partial charge is 0.171 e. The lowest BCUT2D eigenvalue weighted by Crippen LogP contribution is -2.40. The molecule has 1 aliphatic rings. The molecule has 2 aromatic rings. The Kier molecular flexibility index (Phi) is 4.32. The normalized spacial score (nSPS) is 17.3. The van der Waals surface area contributed by atoms with Crippen LogP contribution in [0.5, 0.6) is 5.75 Å².